The van der Waals surface area contributed by atoms with Crippen LogP contribution in [0.1, 0.15) is 27.4 Å². The molecule has 1 aliphatic rings. The quantitative estimate of drug-likeness (QED) is 0.628. The highest BCUT2D eigenvalue weighted by molar-refractivity contribution is 6.12. The Hall–Kier alpha value is -3.35. The summed E-state index contributed by atoms with van der Waals surface area (Å²) in [6, 6.07) is 8.49. The summed E-state index contributed by atoms with van der Waals surface area (Å²) in [5.74, 6) is 0.374. The second-order valence-corrected chi connectivity index (χ2v) is 5.18. The second-order valence-electron chi connectivity index (χ2n) is 5.18. The highest BCUT2D eigenvalue weighted by atomic mass is 16.6. The first-order valence-electron chi connectivity index (χ1n) is 7.37. The number of carbonyl (C=O) groups excluding carboxylic acids is 2. The van der Waals surface area contributed by atoms with Crippen molar-refractivity contribution in [3.63, 3.8) is 0 Å². The van der Waals surface area contributed by atoms with Crippen molar-refractivity contribution in [2.24, 2.45) is 4.99 Å². The van der Waals surface area contributed by atoms with E-state index < -0.39 is 11.9 Å². The average molecular weight is 341 g/mol. The van der Waals surface area contributed by atoms with Gasteiger partial charge < -0.3 is 18.6 Å². The molecular weight excluding hydrogens is 326 g/mol. The predicted molar refractivity (Wildman–Crippen MR) is 88.4 cm³/mol. The molecule has 0 radical (unpaired) electrons. The van der Waals surface area contributed by atoms with E-state index in [1.807, 2.05) is 0 Å². The topological polar surface area (TPSA) is 87.3 Å². The van der Waals surface area contributed by atoms with Gasteiger partial charge in [0.2, 0.25) is 5.90 Å². The van der Waals surface area contributed by atoms with Crippen LogP contribution in [0.15, 0.2) is 45.4 Å². The monoisotopic (exact) mass is 341 g/mol. The van der Waals surface area contributed by atoms with Gasteiger partial charge in [-0.05, 0) is 31.2 Å². The number of aryl methyl sites for hydroxylation is 1. The molecule has 0 saturated heterocycles. The maximum Gasteiger partial charge on any atom is 0.363 e. The molecule has 0 aliphatic carbocycles. The fraction of sp³-hybridized carbons (Fsp3) is 0.167. The molecular formula is C18H15NO6. The molecule has 0 saturated carbocycles. The fourth-order valence-electron chi connectivity index (χ4n) is 2.31. The van der Waals surface area contributed by atoms with E-state index in [1.165, 1.54) is 19.3 Å². The van der Waals surface area contributed by atoms with Crippen molar-refractivity contribution in [3.05, 3.63) is 58.7 Å². The van der Waals surface area contributed by atoms with Gasteiger partial charge in [-0.25, -0.2) is 14.6 Å². The van der Waals surface area contributed by atoms with Crippen molar-refractivity contribution in [2.45, 2.75) is 6.92 Å². The Morgan fingerprint density at radius 3 is 2.76 bits per heavy atom. The second kappa shape index (κ2) is 6.64. The van der Waals surface area contributed by atoms with Gasteiger partial charge >= 0.3 is 11.9 Å². The highest BCUT2D eigenvalue weighted by Gasteiger charge is 2.25. The van der Waals surface area contributed by atoms with Gasteiger partial charge in [-0.1, -0.05) is 6.07 Å². The van der Waals surface area contributed by atoms with Crippen molar-refractivity contribution in [1.82, 2.24) is 0 Å². The molecule has 128 valence electrons. The van der Waals surface area contributed by atoms with Crippen LogP contribution in [0.5, 0.6) is 5.75 Å². The SMILES string of the molecule is COC(=O)c1cc(C=C2N=C(c3cccc(OC)c3)OC2=O)oc1C. The molecule has 7 nitrogen and oxygen atoms in total. The number of cyclic esters (lactones) is 1. The number of nitrogens with zero attached hydrogens (tertiary/aromatic N) is 1. The zero-order valence-corrected chi connectivity index (χ0v) is 13.9. The van der Waals surface area contributed by atoms with Gasteiger partial charge in [0.25, 0.3) is 0 Å². The van der Waals surface area contributed by atoms with E-state index in [9.17, 15) is 9.59 Å². The number of furan rings is 1. The predicted octanol–water partition coefficient (Wildman–Crippen LogP) is 2.73. The van der Waals surface area contributed by atoms with Crippen LogP contribution in [0.4, 0.5) is 0 Å². The molecule has 0 fully saturated rings. The molecule has 0 N–H and O–H groups in total. The summed E-state index contributed by atoms with van der Waals surface area (Å²) in [6.07, 6.45) is 1.41. The first kappa shape index (κ1) is 16.5. The molecule has 1 aromatic carbocycles. The van der Waals surface area contributed by atoms with Crippen LogP contribution in [0.25, 0.3) is 6.08 Å². The molecule has 0 unspecified atom stereocenters. The lowest BCUT2D eigenvalue weighted by Crippen LogP contribution is -2.05. The molecule has 0 spiro atoms. The van der Waals surface area contributed by atoms with Crippen LogP contribution in [0.2, 0.25) is 0 Å². The number of rotatable bonds is 4. The van der Waals surface area contributed by atoms with Crippen LogP contribution < -0.4 is 4.74 Å². The Labute approximate surface area is 143 Å². The van der Waals surface area contributed by atoms with E-state index in [4.69, 9.17) is 13.9 Å². The largest absolute Gasteiger partial charge is 0.497 e. The van der Waals surface area contributed by atoms with Gasteiger partial charge in [-0.2, -0.15) is 0 Å². The summed E-state index contributed by atoms with van der Waals surface area (Å²) in [5.41, 5.74) is 0.975. The lowest BCUT2D eigenvalue weighted by atomic mass is 10.2. The molecule has 2 aromatic rings. The van der Waals surface area contributed by atoms with Crippen LogP contribution in [-0.2, 0) is 14.3 Å². The molecule has 25 heavy (non-hydrogen) atoms. The Morgan fingerprint density at radius 1 is 1.24 bits per heavy atom. The Bertz CT molecular complexity index is 906. The molecule has 0 bridgehead atoms. The smallest absolute Gasteiger partial charge is 0.363 e. The number of methoxy groups -OCH3 is 2. The van der Waals surface area contributed by atoms with E-state index in [0.717, 1.165) is 0 Å². The van der Waals surface area contributed by atoms with Crippen LogP contribution in [-0.4, -0.2) is 32.1 Å². The van der Waals surface area contributed by atoms with Crippen LogP contribution in [0, 0.1) is 6.92 Å². The average Bonchev–Trinajstić information content (AvgIpc) is 3.17. The van der Waals surface area contributed by atoms with Crippen molar-refractivity contribution >= 4 is 23.9 Å². The number of hydrogen-bond donors (Lipinski definition) is 0. The number of hydrogen-bond acceptors (Lipinski definition) is 7. The summed E-state index contributed by atoms with van der Waals surface area (Å²) in [4.78, 5) is 27.8. The molecule has 3 rings (SSSR count). The first-order valence-corrected chi connectivity index (χ1v) is 7.37. The van der Waals surface area contributed by atoms with Crippen molar-refractivity contribution in [2.75, 3.05) is 14.2 Å². The van der Waals surface area contributed by atoms with Crippen LogP contribution >= 0.6 is 0 Å². The highest BCUT2D eigenvalue weighted by Crippen LogP contribution is 2.23. The van der Waals surface area contributed by atoms with Gasteiger partial charge in [-0.3, -0.25) is 0 Å². The van der Waals surface area contributed by atoms with Crippen LogP contribution in [0.3, 0.4) is 0 Å². The molecule has 0 atom stereocenters. The molecule has 1 aliphatic heterocycles. The fourth-order valence-corrected chi connectivity index (χ4v) is 2.31. The molecule has 1 aromatic heterocycles. The minimum atomic E-state index is -0.605. The number of benzene rings is 1. The van der Waals surface area contributed by atoms with Gasteiger partial charge in [-0.15, -0.1) is 0 Å². The number of aliphatic imine (C=N–C) groups is 1. The van der Waals surface area contributed by atoms with Crippen molar-refractivity contribution < 1.29 is 28.2 Å². The summed E-state index contributed by atoms with van der Waals surface area (Å²) in [7, 11) is 2.83. The van der Waals surface area contributed by atoms with Crippen molar-refractivity contribution in [1.29, 1.82) is 0 Å². The van der Waals surface area contributed by atoms with E-state index in [0.29, 0.717) is 22.8 Å². The van der Waals surface area contributed by atoms with Crippen molar-refractivity contribution in [3.8, 4) is 5.75 Å². The first-order chi connectivity index (χ1) is 12.0. The Kier molecular flexibility index (Phi) is 4.38. The standard InChI is InChI=1S/C18H15NO6/c1-10-14(17(20)23-3)8-13(24-10)9-15-18(21)25-16(19-15)11-5-4-6-12(7-11)22-2/h4-9H,1-3H3. The lowest BCUT2D eigenvalue weighted by molar-refractivity contribution is -0.129. The maximum absolute atomic E-state index is 12.0. The van der Waals surface area contributed by atoms with E-state index >= 15 is 0 Å². The minimum Gasteiger partial charge on any atom is -0.497 e. The summed E-state index contributed by atoms with van der Waals surface area (Å²) < 4.78 is 20.5. The minimum absolute atomic E-state index is 0.0722. The van der Waals surface area contributed by atoms with E-state index in [2.05, 4.69) is 9.73 Å². The zero-order valence-electron chi connectivity index (χ0n) is 13.9. The number of ether oxygens (including phenoxy) is 3. The number of esters is 2. The third kappa shape index (κ3) is 3.30. The summed E-state index contributed by atoms with van der Waals surface area (Å²) in [5, 5.41) is 0. The summed E-state index contributed by atoms with van der Waals surface area (Å²) >= 11 is 0. The molecule has 2 heterocycles. The van der Waals surface area contributed by atoms with E-state index in [-0.39, 0.29) is 17.2 Å². The molecule has 7 heteroatoms. The van der Waals surface area contributed by atoms with Gasteiger partial charge in [0.15, 0.2) is 5.70 Å². The van der Waals surface area contributed by atoms with E-state index in [1.54, 1.807) is 38.3 Å². The van der Waals surface area contributed by atoms with Gasteiger partial charge in [0, 0.05) is 11.6 Å². The Morgan fingerprint density at radius 2 is 2.04 bits per heavy atom. The molecule has 0 amide bonds. The third-order valence-corrected chi connectivity index (χ3v) is 3.56. The zero-order chi connectivity index (χ0) is 18.0. The lowest BCUT2D eigenvalue weighted by Gasteiger charge is -2.02. The normalized spacial score (nSPS) is 15.1. The van der Waals surface area contributed by atoms with Gasteiger partial charge in [0.1, 0.15) is 22.8 Å². The number of carbonyl (C=O) groups is 2. The maximum atomic E-state index is 12.0. The van der Waals surface area contributed by atoms with Gasteiger partial charge in [0.05, 0.1) is 14.2 Å². The third-order valence-electron chi connectivity index (χ3n) is 3.56. The summed E-state index contributed by atoms with van der Waals surface area (Å²) in [6.45, 7) is 1.63. The Balaban J connectivity index is 1.92.